The molecule has 0 radical (unpaired) electrons. The van der Waals surface area contributed by atoms with Gasteiger partial charge >= 0.3 is 0 Å². The summed E-state index contributed by atoms with van der Waals surface area (Å²) in [7, 11) is 0. The molecular formula is C18H20N2O3. The zero-order valence-corrected chi connectivity index (χ0v) is 13.0. The van der Waals surface area contributed by atoms with Gasteiger partial charge in [0.1, 0.15) is 18.4 Å². The summed E-state index contributed by atoms with van der Waals surface area (Å²) in [5.74, 6) is -0.0889. The molecule has 3 N–H and O–H groups in total. The third-order valence-corrected chi connectivity index (χ3v) is 3.33. The Bertz CT molecular complexity index is 654. The fourth-order valence-electron chi connectivity index (χ4n) is 2.17. The fourth-order valence-corrected chi connectivity index (χ4v) is 2.17. The summed E-state index contributed by atoms with van der Waals surface area (Å²) in [6, 6.07) is 16.6. The number of amides is 2. The predicted molar refractivity (Wildman–Crippen MR) is 87.7 cm³/mol. The van der Waals surface area contributed by atoms with Gasteiger partial charge in [-0.2, -0.15) is 0 Å². The van der Waals surface area contributed by atoms with Crippen LogP contribution in [0.15, 0.2) is 54.6 Å². The highest BCUT2D eigenvalue weighted by molar-refractivity contribution is 5.85. The predicted octanol–water partition coefficient (Wildman–Crippen LogP) is 1.80. The van der Waals surface area contributed by atoms with Crippen molar-refractivity contribution in [2.24, 2.45) is 5.73 Å². The maximum atomic E-state index is 11.3. The Kier molecular flexibility index (Phi) is 5.74. The van der Waals surface area contributed by atoms with Crippen molar-refractivity contribution in [3.63, 3.8) is 0 Å². The standard InChI is InChI=1S/C18H20N2O3/c1-13(21)20-17(18(19)22)11-14-7-9-16(10-8-14)23-12-15-5-3-2-4-6-15/h2-10,17H,11-12H2,1H3,(H2,19,22)(H,20,21)/t17-/m0/s1. The number of hydrogen-bond acceptors (Lipinski definition) is 3. The first-order valence-corrected chi connectivity index (χ1v) is 7.36. The molecule has 23 heavy (non-hydrogen) atoms. The van der Waals surface area contributed by atoms with E-state index in [2.05, 4.69) is 5.32 Å². The molecule has 0 aliphatic heterocycles. The summed E-state index contributed by atoms with van der Waals surface area (Å²) >= 11 is 0. The average Bonchev–Trinajstić information content (AvgIpc) is 2.54. The van der Waals surface area contributed by atoms with Crippen molar-refractivity contribution >= 4 is 11.8 Å². The number of nitrogens with two attached hydrogens (primary N) is 1. The van der Waals surface area contributed by atoms with E-state index in [1.807, 2.05) is 54.6 Å². The Labute approximate surface area is 135 Å². The molecule has 1 atom stereocenters. The molecule has 0 aromatic heterocycles. The summed E-state index contributed by atoms with van der Waals surface area (Å²) in [6.07, 6.45) is 0.355. The highest BCUT2D eigenvalue weighted by Crippen LogP contribution is 2.15. The van der Waals surface area contributed by atoms with Gasteiger partial charge in [0, 0.05) is 13.3 Å². The van der Waals surface area contributed by atoms with Crippen LogP contribution in [0.3, 0.4) is 0 Å². The Hall–Kier alpha value is -2.82. The van der Waals surface area contributed by atoms with Gasteiger partial charge in [0.25, 0.3) is 0 Å². The van der Waals surface area contributed by atoms with Crippen molar-refractivity contribution < 1.29 is 14.3 Å². The summed E-state index contributed by atoms with van der Waals surface area (Å²) in [5, 5.41) is 2.54. The summed E-state index contributed by atoms with van der Waals surface area (Å²) < 4.78 is 5.70. The van der Waals surface area contributed by atoms with Crippen molar-refractivity contribution in [1.82, 2.24) is 5.32 Å². The van der Waals surface area contributed by atoms with E-state index < -0.39 is 11.9 Å². The quantitative estimate of drug-likeness (QED) is 0.818. The molecule has 5 heteroatoms. The molecule has 2 rings (SSSR count). The first-order valence-electron chi connectivity index (χ1n) is 7.36. The van der Waals surface area contributed by atoms with E-state index in [-0.39, 0.29) is 5.91 Å². The molecule has 0 spiro atoms. The summed E-state index contributed by atoms with van der Waals surface area (Å²) in [6.45, 7) is 1.85. The second kappa shape index (κ2) is 7.98. The number of rotatable bonds is 7. The number of benzene rings is 2. The molecule has 0 aliphatic carbocycles. The molecular weight excluding hydrogens is 292 g/mol. The topological polar surface area (TPSA) is 81.4 Å². The maximum Gasteiger partial charge on any atom is 0.240 e. The van der Waals surface area contributed by atoms with Crippen LogP contribution < -0.4 is 15.8 Å². The average molecular weight is 312 g/mol. The molecule has 0 bridgehead atoms. The van der Waals surface area contributed by atoms with E-state index in [0.29, 0.717) is 13.0 Å². The van der Waals surface area contributed by atoms with Crippen LogP contribution in [0, 0.1) is 0 Å². The lowest BCUT2D eigenvalue weighted by atomic mass is 10.1. The van der Waals surface area contributed by atoms with Gasteiger partial charge in [0.15, 0.2) is 0 Å². The summed E-state index contributed by atoms with van der Waals surface area (Å²) in [4.78, 5) is 22.4. The van der Waals surface area contributed by atoms with Crippen LogP contribution in [0.5, 0.6) is 5.75 Å². The number of hydrogen-bond donors (Lipinski definition) is 2. The molecule has 0 unspecified atom stereocenters. The molecule has 0 saturated carbocycles. The zero-order valence-electron chi connectivity index (χ0n) is 13.0. The minimum absolute atomic E-state index is 0.281. The second-order valence-corrected chi connectivity index (χ2v) is 5.28. The molecule has 2 aromatic carbocycles. The number of primary amides is 1. The molecule has 2 amide bonds. The van der Waals surface area contributed by atoms with Gasteiger partial charge in [-0.3, -0.25) is 9.59 Å². The molecule has 0 aliphatic rings. The normalized spacial score (nSPS) is 11.5. The molecule has 0 fully saturated rings. The highest BCUT2D eigenvalue weighted by Gasteiger charge is 2.16. The van der Waals surface area contributed by atoms with E-state index in [9.17, 15) is 9.59 Å². The number of carbonyl (C=O) groups excluding carboxylic acids is 2. The minimum atomic E-state index is -0.705. The van der Waals surface area contributed by atoms with E-state index in [1.165, 1.54) is 6.92 Å². The lowest BCUT2D eigenvalue weighted by Gasteiger charge is -2.14. The van der Waals surface area contributed by atoms with Crippen molar-refractivity contribution in [3.05, 3.63) is 65.7 Å². The Morgan fingerprint density at radius 3 is 2.26 bits per heavy atom. The van der Waals surface area contributed by atoms with Gasteiger partial charge in [-0.25, -0.2) is 0 Å². The SMILES string of the molecule is CC(=O)N[C@@H](Cc1ccc(OCc2ccccc2)cc1)C(N)=O. The molecule has 0 heterocycles. The first-order chi connectivity index (χ1) is 11.0. The van der Waals surface area contributed by atoms with Crippen LogP contribution in [0.2, 0.25) is 0 Å². The van der Waals surface area contributed by atoms with Crippen LogP contribution in [-0.4, -0.2) is 17.9 Å². The second-order valence-electron chi connectivity index (χ2n) is 5.28. The number of carbonyl (C=O) groups is 2. The van der Waals surface area contributed by atoms with E-state index >= 15 is 0 Å². The Morgan fingerprint density at radius 2 is 1.70 bits per heavy atom. The van der Waals surface area contributed by atoms with Crippen LogP contribution in [0.1, 0.15) is 18.1 Å². The van der Waals surface area contributed by atoms with Crippen LogP contribution in [0.25, 0.3) is 0 Å². The van der Waals surface area contributed by atoms with Crippen molar-refractivity contribution in [2.45, 2.75) is 26.0 Å². The van der Waals surface area contributed by atoms with E-state index in [0.717, 1.165) is 16.9 Å². The lowest BCUT2D eigenvalue weighted by molar-refractivity contribution is -0.126. The Balaban J connectivity index is 1.93. The maximum absolute atomic E-state index is 11.3. The fraction of sp³-hybridized carbons (Fsp3) is 0.222. The molecule has 5 nitrogen and oxygen atoms in total. The van der Waals surface area contributed by atoms with Gasteiger partial charge in [0.05, 0.1) is 0 Å². The van der Waals surface area contributed by atoms with E-state index in [1.54, 1.807) is 0 Å². The Morgan fingerprint density at radius 1 is 1.04 bits per heavy atom. The third-order valence-electron chi connectivity index (χ3n) is 3.33. The van der Waals surface area contributed by atoms with Gasteiger partial charge in [-0.15, -0.1) is 0 Å². The number of nitrogens with one attached hydrogen (secondary N) is 1. The lowest BCUT2D eigenvalue weighted by Crippen LogP contribution is -2.44. The van der Waals surface area contributed by atoms with Crippen LogP contribution in [0.4, 0.5) is 0 Å². The largest absolute Gasteiger partial charge is 0.489 e. The highest BCUT2D eigenvalue weighted by atomic mass is 16.5. The van der Waals surface area contributed by atoms with Crippen LogP contribution in [-0.2, 0) is 22.6 Å². The summed E-state index contributed by atoms with van der Waals surface area (Å²) in [5.41, 5.74) is 7.29. The van der Waals surface area contributed by atoms with E-state index in [4.69, 9.17) is 10.5 Å². The zero-order chi connectivity index (χ0) is 16.7. The smallest absolute Gasteiger partial charge is 0.240 e. The van der Waals surface area contributed by atoms with Crippen molar-refractivity contribution in [3.8, 4) is 5.75 Å². The monoisotopic (exact) mass is 312 g/mol. The van der Waals surface area contributed by atoms with Gasteiger partial charge < -0.3 is 15.8 Å². The third kappa shape index (κ3) is 5.47. The van der Waals surface area contributed by atoms with Gasteiger partial charge in [0.2, 0.25) is 11.8 Å². The van der Waals surface area contributed by atoms with Crippen LogP contribution >= 0.6 is 0 Å². The minimum Gasteiger partial charge on any atom is -0.489 e. The van der Waals surface area contributed by atoms with Gasteiger partial charge in [-0.1, -0.05) is 42.5 Å². The molecule has 2 aromatic rings. The van der Waals surface area contributed by atoms with Crippen molar-refractivity contribution in [1.29, 1.82) is 0 Å². The number of ether oxygens (including phenoxy) is 1. The molecule has 120 valence electrons. The first kappa shape index (κ1) is 16.5. The molecule has 0 saturated heterocycles. The van der Waals surface area contributed by atoms with Gasteiger partial charge in [-0.05, 0) is 23.3 Å². The van der Waals surface area contributed by atoms with Crippen molar-refractivity contribution in [2.75, 3.05) is 0 Å².